The summed E-state index contributed by atoms with van der Waals surface area (Å²) in [6.45, 7) is 5.55. The van der Waals surface area contributed by atoms with Crippen molar-refractivity contribution in [2.75, 3.05) is 32.8 Å². The van der Waals surface area contributed by atoms with Crippen LogP contribution < -0.4 is 10.1 Å². The van der Waals surface area contributed by atoms with Crippen LogP contribution in [0.1, 0.15) is 29.0 Å². The molecule has 2 aliphatic heterocycles. The van der Waals surface area contributed by atoms with Gasteiger partial charge in [0.05, 0.1) is 13.2 Å². The van der Waals surface area contributed by atoms with Crippen molar-refractivity contribution >= 4 is 5.91 Å². The summed E-state index contributed by atoms with van der Waals surface area (Å²) in [6, 6.07) is 16.3. The third-order valence-corrected chi connectivity index (χ3v) is 6.11. The lowest BCUT2D eigenvalue weighted by molar-refractivity contribution is -0.121. The molecule has 28 heavy (non-hydrogen) atoms. The van der Waals surface area contributed by atoms with E-state index < -0.39 is 0 Å². The van der Waals surface area contributed by atoms with E-state index in [9.17, 15) is 9.90 Å². The van der Waals surface area contributed by atoms with Gasteiger partial charge in [-0.15, -0.1) is 0 Å². The van der Waals surface area contributed by atoms with Crippen molar-refractivity contribution in [1.29, 1.82) is 0 Å². The first-order chi connectivity index (χ1) is 13.6. The Balaban J connectivity index is 1.32. The number of likely N-dealkylation sites (tertiary alicyclic amines) is 1. The van der Waals surface area contributed by atoms with Gasteiger partial charge < -0.3 is 20.1 Å². The Labute approximate surface area is 166 Å². The minimum Gasteiger partial charge on any atom is -0.493 e. The number of ether oxygens (including phenoxy) is 1. The molecule has 1 unspecified atom stereocenters. The molecule has 148 valence electrons. The monoisotopic (exact) mass is 380 g/mol. The molecule has 2 aromatic rings. The lowest BCUT2D eigenvalue weighted by Gasteiger charge is -2.38. The number of carbonyl (C=O) groups excluding carboxylic acids is 1. The van der Waals surface area contributed by atoms with Crippen LogP contribution in [-0.2, 0) is 11.3 Å². The molecular formula is C23H28N2O3. The van der Waals surface area contributed by atoms with E-state index in [4.69, 9.17) is 4.74 Å². The van der Waals surface area contributed by atoms with E-state index in [0.717, 1.165) is 24.4 Å². The SMILES string of the molecule is Cc1ccc(CNC(=O)CCN2CC3c4ccccc4OC[C@]3(CO)C2)cc1. The second-order valence-electron chi connectivity index (χ2n) is 8.15. The summed E-state index contributed by atoms with van der Waals surface area (Å²) >= 11 is 0. The average Bonchev–Trinajstić information content (AvgIpc) is 3.11. The Morgan fingerprint density at radius 3 is 2.82 bits per heavy atom. The van der Waals surface area contributed by atoms with E-state index in [-0.39, 0.29) is 23.8 Å². The van der Waals surface area contributed by atoms with Gasteiger partial charge in [0, 0.05) is 43.9 Å². The predicted molar refractivity (Wildman–Crippen MR) is 108 cm³/mol. The molecule has 0 saturated carbocycles. The van der Waals surface area contributed by atoms with Crippen molar-refractivity contribution in [3.63, 3.8) is 0 Å². The molecule has 1 saturated heterocycles. The molecule has 5 heteroatoms. The molecule has 5 nitrogen and oxygen atoms in total. The summed E-state index contributed by atoms with van der Waals surface area (Å²) in [4.78, 5) is 14.6. The van der Waals surface area contributed by atoms with Gasteiger partial charge in [0.25, 0.3) is 0 Å². The summed E-state index contributed by atoms with van der Waals surface area (Å²) in [5.41, 5.74) is 3.23. The standard InChI is InChI=1S/C23H28N2O3/c1-17-6-8-18(9-7-17)12-24-22(27)10-11-25-13-20-19-4-2-3-5-21(19)28-16-23(20,14-25)15-26/h2-9,20,26H,10-16H2,1H3,(H,24,27)/t20?,23-/m1/s1. The highest BCUT2D eigenvalue weighted by molar-refractivity contribution is 5.76. The van der Waals surface area contributed by atoms with Gasteiger partial charge in [0.2, 0.25) is 5.91 Å². The molecule has 2 aliphatic rings. The number of aliphatic hydroxyl groups is 1. The minimum atomic E-state index is -0.271. The third-order valence-electron chi connectivity index (χ3n) is 6.11. The zero-order chi connectivity index (χ0) is 19.6. The number of nitrogens with zero attached hydrogens (tertiary/aromatic N) is 1. The number of fused-ring (bicyclic) bond motifs is 3. The molecule has 2 N–H and O–H groups in total. The van der Waals surface area contributed by atoms with Crippen LogP contribution in [-0.4, -0.2) is 48.8 Å². The zero-order valence-electron chi connectivity index (χ0n) is 16.4. The van der Waals surface area contributed by atoms with Gasteiger partial charge in [-0.25, -0.2) is 0 Å². The summed E-state index contributed by atoms with van der Waals surface area (Å²) in [7, 11) is 0. The Bertz CT molecular complexity index is 836. The molecule has 0 radical (unpaired) electrons. The van der Waals surface area contributed by atoms with E-state index in [1.807, 2.05) is 30.3 Å². The first kappa shape index (κ1) is 19.0. The molecule has 4 rings (SSSR count). The number of para-hydroxylation sites is 1. The second kappa shape index (κ2) is 7.94. The Morgan fingerprint density at radius 1 is 1.25 bits per heavy atom. The molecule has 0 aromatic heterocycles. The third kappa shape index (κ3) is 3.77. The minimum absolute atomic E-state index is 0.0603. The topological polar surface area (TPSA) is 61.8 Å². The highest BCUT2D eigenvalue weighted by Crippen LogP contribution is 2.49. The molecule has 0 spiro atoms. The van der Waals surface area contributed by atoms with E-state index >= 15 is 0 Å². The number of benzene rings is 2. The van der Waals surface area contributed by atoms with Crippen LogP contribution in [0, 0.1) is 12.3 Å². The van der Waals surface area contributed by atoms with Crippen LogP contribution in [0.25, 0.3) is 0 Å². The van der Waals surface area contributed by atoms with E-state index in [1.54, 1.807) is 0 Å². The lowest BCUT2D eigenvalue weighted by Crippen LogP contribution is -2.42. The number of nitrogens with one attached hydrogen (secondary N) is 1. The van der Waals surface area contributed by atoms with Crippen LogP contribution in [0.5, 0.6) is 5.75 Å². The van der Waals surface area contributed by atoms with Gasteiger partial charge in [0.1, 0.15) is 5.75 Å². The first-order valence-electron chi connectivity index (χ1n) is 9.97. The number of carbonyl (C=O) groups is 1. The van der Waals surface area contributed by atoms with Gasteiger partial charge >= 0.3 is 0 Å². The van der Waals surface area contributed by atoms with Crippen LogP contribution in [0.3, 0.4) is 0 Å². The second-order valence-corrected chi connectivity index (χ2v) is 8.15. The van der Waals surface area contributed by atoms with Gasteiger partial charge in [-0.1, -0.05) is 48.0 Å². The maximum atomic E-state index is 12.3. The van der Waals surface area contributed by atoms with Gasteiger partial charge in [-0.2, -0.15) is 0 Å². The molecule has 2 aromatic carbocycles. The molecule has 2 heterocycles. The fourth-order valence-electron chi connectivity index (χ4n) is 4.40. The number of amides is 1. The molecule has 1 fully saturated rings. The molecule has 0 aliphatic carbocycles. The molecular weight excluding hydrogens is 352 g/mol. The smallest absolute Gasteiger partial charge is 0.221 e. The van der Waals surface area contributed by atoms with Crippen LogP contribution in [0.4, 0.5) is 0 Å². The number of aliphatic hydroxyl groups excluding tert-OH is 1. The lowest BCUT2D eigenvalue weighted by atomic mass is 9.74. The van der Waals surface area contributed by atoms with Gasteiger partial charge in [-0.3, -0.25) is 4.79 Å². The molecule has 1 amide bonds. The number of hydrogen-bond acceptors (Lipinski definition) is 4. The van der Waals surface area contributed by atoms with Crippen molar-refractivity contribution < 1.29 is 14.6 Å². The normalized spacial score (nSPS) is 23.6. The van der Waals surface area contributed by atoms with Gasteiger partial charge in [-0.05, 0) is 24.1 Å². The van der Waals surface area contributed by atoms with Crippen molar-refractivity contribution in [2.24, 2.45) is 5.41 Å². The number of hydrogen-bond donors (Lipinski definition) is 2. The maximum Gasteiger partial charge on any atom is 0.221 e. The highest BCUT2D eigenvalue weighted by Gasteiger charge is 2.50. The zero-order valence-corrected chi connectivity index (χ0v) is 16.4. The van der Waals surface area contributed by atoms with Crippen molar-refractivity contribution in [3.05, 3.63) is 65.2 Å². The number of aryl methyl sites for hydroxylation is 1. The van der Waals surface area contributed by atoms with Crippen LogP contribution in [0.15, 0.2) is 48.5 Å². The van der Waals surface area contributed by atoms with Crippen molar-refractivity contribution in [2.45, 2.75) is 25.8 Å². The Kier molecular flexibility index (Phi) is 5.38. The Morgan fingerprint density at radius 2 is 2.04 bits per heavy atom. The van der Waals surface area contributed by atoms with E-state index in [2.05, 4.69) is 35.3 Å². The summed E-state index contributed by atoms with van der Waals surface area (Å²) in [5.74, 6) is 1.23. The fourth-order valence-corrected chi connectivity index (χ4v) is 4.40. The average molecular weight is 380 g/mol. The number of rotatable bonds is 6. The Hall–Kier alpha value is -2.37. The van der Waals surface area contributed by atoms with Crippen molar-refractivity contribution in [3.8, 4) is 5.75 Å². The van der Waals surface area contributed by atoms with Crippen LogP contribution in [0.2, 0.25) is 0 Å². The fraction of sp³-hybridized carbons (Fsp3) is 0.435. The quantitative estimate of drug-likeness (QED) is 0.808. The molecule has 0 bridgehead atoms. The highest BCUT2D eigenvalue weighted by atomic mass is 16.5. The summed E-state index contributed by atoms with van der Waals surface area (Å²) in [6.07, 6.45) is 0.461. The van der Waals surface area contributed by atoms with E-state index in [1.165, 1.54) is 11.1 Å². The van der Waals surface area contributed by atoms with Crippen LogP contribution >= 0.6 is 0 Å². The summed E-state index contributed by atoms with van der Waals surface area (Å²) < 4.78 is 5.94. The summed E-state index contributed by atoms with van der Waals surface area (Å²) in [5, 5.41) is 13.1. The van der Waals surface area contributed by atoms with E-state index in [0.29, 0.717) is 26.1 Å². The van der Waals surface area contributed by atoms with Gasteiger partial charge in [0.15, 0.2) is 0 Å². The van der Waals surface area contributed by atoms with Crippen molar-refractivity contribution in [1.82, 2.24) is 10.2 Å². The first-order valence-corrected chi connectivity index (χ1v) is 9.97. The predicted octanol–water partition coefficient (Wildman–Crippen LogP) is 2.47. The molecule has 2 atom stereocenters. The maximum absolute atomic E-state index is 12.3. The largest absolute Gasteiger partial charge is 0.493 e.